The molecular weight excluding hydrogens is 512 g/mol. The average molecular weight is 539 g/mol. The Morgan fingerprint density at radius 3 is 1.86 bits per heavy atom. The highest BCUT2D eigenvalue weighted by molar-refractivity contribution is 6.24. The molecule has 8 aromatic rings. The summed E-state index contributed by atoms with van der Waals surface area (Å²) in [5.41, 5.74) is 14.8. The number of hydrogen-bond acceptors (Lipinski definition) is 2. The van der Waals surface area contributed by atoms with E-state index in [1.54, 1.807) is 0 Å². The molecule has 8 rings (SSSR count). The summed E-state index contributed by atoms with van der Waals surface area (Å²) in [5, 5.41) is 15.1. The van der Waals surface area contributed by atoms with Gasteiger partial charge in [-0.25, -0.2) is 0 Å². The lowest BCUT2D eigenvalue weighted by Crippen LogP contribution is -2.11. The number of nitrogens with one attached hydrogen (secondary N) is 1. The average Bonchev–Trinajstić information content (AvgIpc) is 3.44. The van der Waals surface area contributed by atoms with Crippen LogP contribution in [-0.2, 0) is 0 Å². The second-order valence-corrected chi connectivity index (χ2v) is 10.7. The van der Waals surface area contributed by atoms with Gasteiger partial charge in [-0.2, -0.15) is 0 Å². The van der Waals surface area contributed by atoms with Crippen molar-refractivity contribution in [3.05, 3.63) is 145 Å². The Morgan fingerprint density at radius 2 is 1.12 bits per heavy atom. The molecule has 3 nitrogen and oxygen atoms in total. The van der Waals surface area contributed by atoms with Crippen LogP contribution >= 0.6 is 0 Å². The van der Waals surface area contributed by atoms with Crippen molar-refractivity contribution in [2.45, 2.75) is 0 Å². The Morgan fingerprint density at radius 1 is 0.476 bits per heavy atom. The first-order valence-corrected chi connectivity index (χ1v) is 14.1. The predicted molar refractivity (Wildman–Crippen MR) is 176 cm³/mol. The second kappa shape index (κ2) is 9.46. The molecule has 0 aliphatic carbocycles. The summed E-state index contributed by atoms with van der Waals surface area (Å²) in [6, 6.07) is 48.4. The molecule has 0 saturated carbocycles. The lowest BCUT2D eigenvalue weighted by atomic mass is 9.90. The molecule has 0 amide bonds. The summed E-state index contributed by atoms with van der Waals surface area (Å²) in [4.78, 5) is 0. The molecule has 1 aromatic heterocycles. The quantitative estimate of drug-likeness (QED) is 0.133. The summed E-state index contributed by atoms with van der Waals surface area (Å²) in [6.07, 6.45) is 0. The first kappa shape index (κ1) is 24.2. The number of rotatable bonds is 4. The number of fused-ring (bicyclic) bond motifs is 6. The Labute approximate surface area is 243 Å². The van der Waals surface area contributed by atoms with Gasteiger partial charge in [0.1, 0.15) is 17.0 Å². The van der Waals surface area contributed by atoms with Crippen molar-refractivity contribution in [2.24, 2.45) is 5.73 Å². The summed E-state index contributed by atoms with van der Waals surface area (Å²) in [5.74, 6) is 0.0176. The first-order valence-electron chi connectivity index (χ1n) is 14.1. The van der Waals surface area contributed by atoms with E-state index >= 15 is 0 Å². The lowest BCUT2D eigenvalue weighted by Gasteiger charge is -2.12. The van der Waals surface area contributed by atoms with E-state index in [0.717, 1.165) is 60.7 Å². The fourth-order valence-corrected chi connectivity index (χ4v) is 6.33. The maximum Gasteiger partial charge on any atom is 0.144 e. The van der Waals surface area contributed by atoms with E-state index in [9.17, 15) is 0 Å². The number of nitrogen functional groups attached to an aromatic ring is 1. The molecule has 3 heteroatoms. The van der Waals surface area contributed by atoms with Crippen LogP contribution in [0.2, 0.25) is 0 Å². The zero-order valence-electron chi connectivity index (χ0n) is 22.8. The van der Waals surface area contributed by atoms with Crippen molar-refractivity contribution >= 4 is 49.3 Å². The topological polar surface area (TPSA) is 63.0 Å². The van der Waals surface area contributed by atoms with E-state index in [2.05, 4.69) is 109 Å². The molecule has 0 spiro atoms. The van der Waals surface area contributed by atoms with Crippen LogP contribution in [-0.4, -0.2) is 5.84 Å². The molecule has 0 saturated heterocycles. The third-order valence-electron chi connectivity index (χ3n) is 8.26. The van der Waals surface area contributed by atoms with Gasteiger partial charge in [0.25, 0.3) is 0 Å². The number of amidine groups is 1. The van der Waals surface area contributed by atoms with Gasteiger partial charge in [-0.1, -0.05) is 109 Å². The van der Waals surface area contributed by atoms with Crippen molar-refractivity contribution in [2.75, 3.05) is 0 Å². The van der Waals surface area contributed by atoms with E-state index in [1.165, 1.54) is 16.2 Å². The minimum Gasteiger partial charge on any atom is -0.455 e. The molecule has 42 heavy (non-hydrogen) atoms. The smallest absolute Gasteiger partial charge is 0.144 e. The van der Waals surface area contributed by atoms with Crippen molar-refractivity contribution in [1.82, 2.24) is 0 Å². The Kier molecular flexibility index (Phi) is 5.44. The number of hydrogen-bond donors (Lipinski definition) is 2. The number of nitrogens with two attached hydrogens (primary N) is 1. The van der Waals surface area contributed by atoms with Crippen LogP contribution < -0.4 is 5.73 Å². The zero-order chi connectivity index (χ0) is 28.2. The molecule has 0 unspecified atom stereocenters. The summed E-state index contributed by atoms with van der Waals surface area (Å²) < 4.78 is 6.91. The van der Waals surface area contributed by atoms with Gasteiger partial charge in [0, 0.05) is 27.5 Å². The molecule has 1 heterocycles. The summed E-state index contributed by atoms with van der Waals surface area (Å²) in [7, 11) is 0. The number of furan rings is 1. The molecule has 3 N–H and O–H groups in total. The van der Waals surface area contributed by atoms with Crippen LogP contribution in [0.3, 0.4) is 0 Å². The van der Waals surface area contributed by atoms with E-state index in [1.807, 2.05) is 30.3 Å². The maximum absolute atomic E-state index is 8.52. The fourth-order valence-electron chi connectivity index (χ4n) is 6.33. The van der Waals surface area contributed by atoms with Crippen molar-refractivity contribution in [3.8, 4) is 33.4 Å². The summed E-state index contributed by atoms with van der Waals surface area (Å²) >= 11 is 0. The highest BCUT2D eigenvalue weighted by atomic mass is 16.3. The summed E-state index contributed by atoms with van der Waals surface area (Å²) in [6.45, 7) is 0. The monoisotopic (exact) mass is 538 g/mol. The Hall–Kier alpha value is -5.67. The van der Waals surface area contributed by atoms with Crippen LogP contribution in [0.5, 0.6) is 0 Å². The van der Waals surface area contributed by atoms with Crippen molar-refractivity contribution < 1.29 is 4.42 Å². The van der Waals surface area contributed by atoms with Gasteiger partial charge in [-0.15, -0.1) is 0 Å². The van der Waals surface area contributed by atoms with Gasteiger partial charge in [0.15, 0.2) is 0 Å². The Bertz CT molecular complexity index is 2320. The SMILES string of the molecule is N=C(N)c1ccc(-c2cc3ccccc3c3ccccc23)c2oc3c(-c4ccccc4)cc(-c4ccccc4)cc3c12. The largest absolute Gasteiger partial charge is 0.455 e. The van der Waals surface area contributed by atoms with Crippen molar-refractivity contribution in [1.29, 1.82) is 5.41 Å². The highest BCUT2D eigenvalue weighted by Gasteiger charge is 2.22. The van der Waals surface area contributed by atoms with E-state index in [0.29, 0.717) is 5.56 Å². The lowest BCUT2D eigenvalue weighted by molar-refractivity contribution is 0.671. The minimum absolute atomic E-state index is 0.0176. The molecule has 0 fully saturated rings. The van der Waals surface area contributed by atoms with E-state index in [4.69, 9.17) is 15.6 Å². The van der Waals surface area contributed by atoms with Crippen LogP contribution in [0.1, 0.15) is 5.56 Å². The van der Waals surface area contributed by atoms with E-state index < -0.39 is 0 Å². The number of benzene rings is 7. The fraction of sp³-hybridized carbons (Fsp3) is 0. The maximum atomic E-state index is 8.52. The molecule has 0 aliphatic heterocycles. The van der Waals surface area contributed by atoms with Gasteiger partial charge < -0.3 is 10.2 Å². The molecular formula is C39H26N2O. The van der Waals surface area contributed by atoms with Gasteiger partial charge in [0.2, 0.25) is 0 Å². The third kappa shape index (κ3) is 3.71. The molecule has 0 bridgehead atoms. The third-order valence-corrected chi connectivity index (χ3v) is 8.26. The first-order chi connectivity index (χ1) is 20.7. The van der Waals surface area contributed by atoms with E-state index in [-0.39, 0.29) is 5.84 Å². The molecule has 7 aromatic carbocycles. The second-order valence-electron chi connectivity index (χ2n) is 10.7. The van der Waals surface area contributed by atoms with Gasteiger partial charge in [-0.3, -0.25) is 5.41 Å². The van der Waals surface area contributed by atoms with Gasteiger partial charge in [-0.05, 0) is 74.1 Å². The highest BCUT2D eigenvalue weighted by Crippen LogP contribution is 2.45. The van der Waals surface area contributed by atoms with Gasteiger partial charge >= 0.3 is 0 Å². The van der Waals surface area contributed by atoms with Crippen LogP contribution in [0.25, 0.3) is 76.9 Å². The normalized spacial score (nSPS) is 11.5. The molecule has 0 radical (unpaired) electrons. The van der Waals surface area contributed by atoms with Gasteiger partial charge in [0.05, 0.1) is 0 Å². The molecule has 0 atom stereocenters. The van der Waals surface area contributed by atoms with Crippen LogP contribution in [0.4, 0.5) is 0 Å². The molecule has 198 valence electrons. The minimum atomic E-state index is 0.0176. The molecule has 0 aliphatic rings. The Balaban J connectivity index is 1.53. The standard InChI is InChI=1S/C39H26N2O/c40-39(41)32-20-19-31(34-21-26-15-7-8-16-28(26)29-17-9-10-18-30(29)34)38-36(32)35-23-27(24-11-3-1-4-12-24)22-33(37(35)42-38)25-13-5-2-6-14-25/h1-23H,(H3,40,41). The van der Waals surface area contributed by atoms with Crippen molar-refractivity contribution in [3.63, 3.8) is 0 Å². The zero-order valence-corrected chi connectivity index (χ0v) is 22.8. The van der Waals surface area contributed by atoms with Crippen LogP contribution in [0.15, 0.2) is 144 Å². The predicted octanol–water partition coefficient (Wildman–Crippen LogP) is 10.2. The van der Waals surface area contributed by atoms with Crippen LogP contribution in [0, 0.1) is 5.41 Å².